The molecule has 3 N–H and O–H groups in total. The molecule has 0 aliphatic heterocycles. The number of hydrogen-bond acceptors (Lipinski definition) is 2. The van der Waals surface area contributed by atoms with Crippen LogP contribution in [0.25, 0.3) is 0 Å². The standard InChI is InChI=1S/C17H30N2O/c1-12(19-16(20)4-2-3-5-18)17-9-13-6-14(10-17)8-15(7-13)11-17/h12-15H,2-11,18H2,1H3,(H,19,20). The Morgan fingerprint density at radius 2 is 1.70 bits per heavy atom. The molecule has 1 amide bonds. The van der Waals surface area contributed by atoms with E-state index in [1.165, 1.54) is 38.5 Å². The van der Waals surface area contributed by atoms with Crippen molar-refractivity contribution in [2.24, 2.45) is 28.9 Å². The van der Waals surface area contributed by atoms with Gasteiger partial charge < -0.3 is 11.1 Å². The lowest BCUT2D eigenvalue weighted by molar-refractivity contribution is -0.126. The van der Waals surface area contributed by atoms with Crippen LogP contribution in [0.5, 0.6) is 0 Å². The summed E-state index contributed by atoms with van der Waals surface area (Å²) in [6, 6.07) is 0.362. The highest BCUT2D eigenvalue weighted by atomic mass is 16.1. The fourth-order valence-electron chi connectivity index (χ4n) is 5.60. The number of nitrogens with one attached hydrogen (secondary N) is 1. The molecule has 4 bridgehead atoms. The molecule has 0 spiro atoms. The van der Waals surface area contributed by atoms with Crippen molar-refractivity contribution in [1.29, 1.82) is 0 Å². The number of carbonyl (C=O) groups is 1. The van der Waals surface area contributed by atoms with Crippen LogP contribution in [-0.2, 0) is 4.79 Å². The van der Waals surface area contributed by atoms with E-state index in [1.807, 2.05) is 0 Å². The first-order valence-electron chi connectivity index (χ1n) is 8.61. The summed E-state index contributed by atoms with van der Waals surface area (Å²) in [7, 11) is 0. The lowest BCUT2D eigenvalue weighted by Crippen LogP contribution is -2.55. The summed E-state index contributed by atoms with van der Waals surface area (Å²) in [6.45, 7) is 2.95. The van der Waals surface area contributed by atoms with E-state index in [2.05, 4.69) is 12.2 Å². The van der Waals surface area contributed by atoms with Crippen molar-refractivity contribution in [3.05, 3.63) is 0 Å². The molecule has 0 aromatic rings. The average molecular weight is 278 g/mol. The average Bonchev–Trinajstić information content (AvgIpc) is 2.37. The Hall–Kier alpha value is -0.570. The summed E-state index contributed by atoms with van der Waals surface area (Å²) in [5, 5.41) is 3.32. The number of hydrogen-bond donors (Lipinski definition) is 2. The third kappa shape index (κ3) is 2.74. The van der Waals surface area contributed by atoms with Crippen molar-refractivity contribution >= 4 is 5.91 Å². The van der Waals surface area contributed by atoms with Crippen LogP contribution in [0.4, 0.5) is 0 Å². The van der Waals surface area contributed by atoms with Gasteiger partial charge in [-0.3, -0.25) is 4.79 Å². The van der Waals surface area contributed by atoms with Crippen LogP contribution < -0.4 is 11.1 Å². The van der Waals surface area contributed by atoms with E-state index >= 15 is 0 Å². The van der Waals surface area contributed by atoms with Gasteiger partial charge in [0.1, 0.15) is 0 Å². The van der Waals surface area contributed by atoms with Crippen LogP contribution in [0.2, 0.25) is 0 Å². The van der Waals surface area contributed by atoms with Crippen LogP contribution >= 0.6 is 0 Å². The summed E-state index contributed by atoms with van der Waals surface area (Å²) in [6.07, 6.45) is 11.0. The van der Waals surface area contributed by atoms with E-state index in [-0.39, 0.29) is 5.91 Å². The van der Waals surface area contributed by atoms with Gasteiger partial charge in [0, 0.05) is 12.5 Å². The van der Waals surface area contributed by atoms with Gasteiger partial charge in [0.05, 0.1) is 0 Å². The molecular weight excluding hydrogens is 248 g/mol. The first kappa shape index (κ1) is 14.4. The molecule has 1 unspecified atom stereocenters. The molecule has 0 radical (unpaired) electrons. The van der Waals surface area contributed by atoms with Gasteiger partial charge in [0.25, 0.3) is 0 Å². The van der Waals surface area contributed by atoms with Crippen molar-refractivity contribution in [2.75, 3.05) is 6.54 Å². The maximum atomic E-state index is 12.1. The highest BCUT2D eigenvalue weighted by Gasteiger charge is 2.53. The number of rotatable bonds is 6. The number of nitrogens with two attached hydrogens (primary N) is 1. The molecule has 1 atom stereocenters. The van der Waals surface area contributed by atoms with E-state index in [9.17, 15) is 4.79 Å². The van der Waals surface area contributed by atoms with E-state index in [0.717, 1.165) is 30.6 Å². The van der Waals surface area contributed by atoms with Crippen LogP contribution in [0.15, 0.2) is 0 Å². The zero-order chi connectivity index (χ0) is 14.2. The molecule has 4 aliphatic rings. The van der Waals surface area contributed by atoms with E-state index < -0.39 is 0 Å². The predicted octanol–water partition coefficient (Wildman–Crippen LogP) is 2.84. The third-order valence-electron chi connectivity index (χ3n) is 6.24. The molecule has 4 aliphatic carbocycles. The van der Waals surface area contributed by atoms with Crippen LogP contribution in [0.3, 0.4) is 0 Å². The first-order valence-corrected chi connectivity index (χ1v) is 8.61. The van der Waals surface area contributed by atoms with Crippen molar-refractivity contribution in [1.82, 2.24) is 5.32 Å². The number of carbonyl (C=O) groups excluding carboxylic acids is 1. The molecule has 4 rings (SSSR count). The Morgan fingerprint density at radius 3 is 2.20 bits per heavy atom. The van der Waals surface area contributed by atoms with Gasteiger partial charge in [-0.2, -0.15) is 0 Å². The minimum Gasteiger partial charge on any atom is -0.353 e. The third-order valence-corrected chi connectivity index (χ3v) is 6.24. The molecule has 3 heteroatoms. The molecule has 0 aromatic carbocycles. The fourth-order valence-corrected chi connectivity index (χ4v) is 5.60. The minimum atomic E-state index is 0.238. The largest absolute Gasteiger partial charge is 0.353 e. The quantitative estimate of drug-likeness (QED) is 0.734. The lowest BCUT2D eigenvalue weighted by atomic mass is 9.48. The van der Waals surface area contributed by atoms with Crippen molar-refractivity contribution < 1.29 is 4.79 Å². The highest BCUT2D eigenvalue weighted by Crippen LogP contribution is 2.61. The van der Waals surface area contributed by atoms with Crippen molar-refractivity contribution in [2.45, 2.75) is 70.8 Å². The van der Waals surface area contributed by atoms with Crippen LogP contribution in [0.1, 0.15) is 64.7 Å². The van der Waals surface area contributed by atoms with Crippen LogP contribution in [-0.4, -0.2) is 18.5 Å². The topological polar surface area (TPSA) is 55.1 Å². The summed E-state index contributed by atoms with van der Waals surface area (Å²) in [4.78, 5) is 12.1. The molecule has 20 heavy (non-hydrogen) atoms. The Kier molecular flexibility index (Phi) is 4.07. The molecule has 4 fully saturated rings. The summed E-state index contributed by atoms with van der Waals surface area (Å²) in [5.41, 5.74) is 5.92. The smallest absolute Gasteiger partial charge is 0.220 e. The Bertz CT molecular complexity index is 331. The van der Waals surface area contributed by atoms with Gasteiger partial charge in [0.15, 0.2) is 0 Å². The predicted molar refractivity (Wildman–Crippen MR) is 81.1 cm³/mol. The minimum absolute atomic E-state index is 0.238. The Labute approximate surface area is 123 Å². The highest BCUT2D eigenvalue weighted by molar-refractivity contribution is 5.76. The molecule has 3 nitrogen and oxygen atoms in total. The molecule has 114 valence electrons. The summed E-state index contributed by atoms with van der Waals surface area (Å²) < 4.78 is 0. The summed E-state index contributed by atoms with van der Waals surface area (Å²) in [5.74, 6) is 3.11. The first-order chi connectivity index (χ1) is 9.61. The van der Waals surface area contributed by atoms with Crippen molar-refractivity contribution in [3.63, 3.8) is 0 Å². The van der Waals surface area contributed by atoms with Crippen molar-refractivity contribution in [3.8, 4) is 0 Å². The second-order valence-electron chi connectivity index (χ2n) is 7.81. The molecule has 0 saturated heterocycles. The van der Waals surface area contributed by atoms with E-state index in [4.69, 9.17) is 5.73 Å². The Balaban J connectivity index is 1.56. The van der Waals surface area contributed by atoms with Gasteiger partial charge in [-0.05, 0) is 88.0 Å². The molecule has 0 heterocycles. The lowest BCUT2D eigenvalue weighted by Gasteiger charge is -2.59. The monoisotopic (exact) mass is 278 g/mol. The van der Waals surface area contributed by atoms with E-state index in [1.54, 1.807) is 0 Å². The summed E-state index contributed by atoms with van der Waals surface area (Å²) >= 11 is 0. The maximum absolute atomic E-state index is 12.1. The normalized spacial score (nSPS) is 39.8. The SMILES string of the molecule is CC(NC(=O)CCCCN)C12CC3CC(CC(C3)C1)C2. The van der Waals surface area contributed by atoms with Gasteiger partial charge in [-0.25, -0.2) is 0 Å². The molecule has 4 saturated carbocycles. The molecular formula is C17H30N2O. The van der Waals surface area contributed by atoms with Crippen LogP contribution in [0, 0.1) is 23.2 Å². The number of unbranched alkanes of at least 4 members (excludes halogenated alkanes) is 1. The fraction of sp³-hybridized carbons (Fsp3) is 0.941. The maximum Gasteiger partial charge on any atom is 0.220 e. The zero-order valence-corrected chi connectivity index (χ0v) is 12.9. The molecule has 0 aromatic heterocycles. The van der Waals surface area contributed by atoms with E-state index in [0.29, 0.717) is 24.4 Å². The van der Waals surface area contributed by atoms with Gasteiger partial charge >= 0.3 is 0 Å². The number of amides is 1. The second kappa shape index (κ2) is 5.67. The van der Waals surface area contributed by atoms with Gasteiger partial charge in [-0.1, -0.05) is 0 Å². The second-order valence-corrected chi connectivity index (χ2v) is 7.81. The Morgan fingerprint density at radius 1 is 1.15 bits per heavy atom. The van der Waals surface area contributed by atoms with Gasteiger partial charge in [0.2, 0.25) is 5.91 Å². The van der Waals surface area contributed by atoms with Gasteiger partial charge in [-0.15, -0.1) is 0 Å². The zero-order valence-electron chi connectivity index (χ0n) is 12.9.